The van der Waals surface area contributed by atoms with Crippen LogP contribution in [0.3, 0.4) is 0 Å². The number of likely N-dealkylation sites (tertiary alicyclic amines) is 1. The van der Waals surface area contributed by atoms with E-state index in [-0.39, 0.29) is 12.3 Å². The van der Waals surface area contributed by atoms with Gasteiger partial charge in [0.2, 0.25) is 5.91 Å². The number of aromatic nitrogens is 1. The maximum absolute atomic E-state index is 12.9. The van der Waals surface area contributed by atoms with Gasteiger partial charge < -0.3 is 14.9 Å². The van der Waals surface area contributed by atoms with E-state index in [4.69, 9.17) is 16.1 Å². The predicted octanol–water partition coefficient (Wildman–Crippen LogP) is 3.52. The van der Waals surface area contributed by atoms with Gasteiger partial charge >= 0.3 is 0 Å². The largest absolute Gasteiger partial charge is 0.389 e. The molecule has 2 atom stereocenters. The van der Waals surface area contributed by atoms with Crippen molar-refractivity contribution in [1.29, 1.82) is 0 Å². The lowest BCUT2D eigenvalue weighted by Gasteiger charge is -2.46. The second kappa shape index (κ2) is 8.89. The first-order valence-corrected chi connectivity index (χ1v) is 11.1. The van der Waals surface area contributed by atoms with E-state index < -0.39 is 11.6 Å². The summed E-state index contributed by atoms with van der Waals surface area (Å²) in [5.74, 6) is 0.308. The molecule has 1 aliphatic rings. The zero-order valence-corrected chi connectivity index (χ0v) is 18.2. The zero-order valence-electron chi connectivity index (χ0n) is 16.7. The fourth-order valence-electron chi connectivity index (χ4n) is 4.03. The topological polar surface area (TPSA) is 78.6 Å². The molecule has 6 nitrogen and oxygen atoms in total. The first-order valence-electron chi connectivity index (χ1n) is 9.88. The van der Waals surface area contributed by atoms with Gasteiger partial charge in [-0.1, -0.05) is 47.1 Å². The molecule has 1 amide bonds. The number of hydrogen-bond acceptors (Lipinski definition) is 6. The number of aliphatic hydroxyl groups excluding tert-OH is 1. The van der Waals surface area contributed by atoms with E-state index in [1.54, 1.807) is 17.4 Å². The van der Waals surface area contributed by atoms with Gasteiger partial charge in [-0.05, 0) is 31.0 Å². The first kappa shape index (κ1) is 21.1. The fraction of sp³-hybridized carbons (Fsp3) is 0.364. The van der Waals surface area contributed by atoms with E-state index in [0.717, 1.165) is 33.6 Å². The van der Waals surface area contributed by atoms with E-state index in [0.29, 0.717) is 18.7 Å². The van der Waals surface area contributed by atoms with Crippen LogP contribution in [0.4, 0.5) is 0 Å². The summed E-state index contributed by atoms with van der Waals surface area (Å²) in [7, 11) is 0. The van der Waals surface area contributed by atoms with Crippen molar-refractivity contribution in [3.8, 4) is 0 Å². The third-order valence-corrected chi connectivity index (χ3v) is 6.71. The van der Waals surface area contributed by atoms with Crippen molar-refractivity contribution in [1.82, 2.24) is 15.4 Å². The molecule has 4 rings (SSSR count). The number of hydrogen-bond donors (Lipinski definition) is 2. The minimum Gasteiger partial charge on any atom is -0.389 e. The van der Waals surface area contributed by atoms with Gasteiger partial charge in [-0.15, -0.1) is 11.3 Å². The lowest BCUT2D eigenvalue weighted by atomic mass is 9.78. The Morgan fingerprint density at radius 1 is 1.37 bits per heavy atom. The van der Waals surface area contributed by atoms with Gasteiger partial charge in [0.25, 0.3) is 0 Å². The Kier molecular flexibility index (Phi) is 6.24. The highest BCUT2D eigenvalue weighted by Crippen LogP contribution is 2.35. The summed E-state index contributed by atoms with van der Waals surface area (Å²) < 4.78 is 5.94. The minimum absolute atomic E-state index is 0.0829. The third-order valence-electron chi connectivity index (χ3n) is 5.49. The second-order valence-electron chi connectivity index (χ2n) is 7.70. The number of aryl methyl sites for hydroxylation is 1. The van der Waals surface area contributed by atoms with Crippen LogP contribution in [0, 0.1) is 6.92 Å². The molecule has 0 saturated carbocycles. The Bertz CT molecular complexity index is 1010. The molecule has 2 N–H and O–H groups in total. The number of benzene rings is 1. The fourth-order valence-corrected chi connectivity index (χ4v) is 5.16. The van der Waals surface area contributed by atoms with Gasteiger partial charge in [0.05, 0.1) is 28.1 Å². The summed E-state index contributed by atoms with van der Waals surface area (Å²) in [6.45, 7) is 3.73. The number of β-amino-alcohol motifs (C(OH)–C–C–N with tert-alkyl or cyclic N) is 1. The smallest absolute Gasteiger partial charge is 0.228 e. The number of halogens is 1. The predicted molar refractivity (Wildman–Crippen MR) is 116 cm³/mol. The summed E-state index contributed by atoms with van der Waals surface area (Å²) in [6, 6.07) is 15.3. The monoisotopic (exact) mass is 445 g/mol. The van der Waals surface area contributed by atoms with Crippen molar-refractivity contribution >= 4 is 28.8 Å². The third kappa shape index (κ3) is 4.59. The maximum atomic E-state index is 12.9. The Labute approximate surface area is 184 Å². The summed E-state index contributed by atoms with van der Waals surface area (Å²) in [5, 5.41) is 18.2. The summed E-state index contributed by atoms with van der Waals surface area (Å²) in [4.78, 5) is 16.2. The molecule has 8 heteroatoms. The highest BCUT2D eigenvalue weighted by atomic mass is 35.5. The van der Waals surface area contributed by atoms with E-state index in [9.17, 15) is 9.90 Å². The molecule has 0 bridgehead atoms. The Morgan fingerprint density at radius 3 is 2.80 bits per heavy atom. The highest BCUT2D eigenvalue weighted by molar-refractivity contribution is 7.16. The van der Waals surface area contributed by atoms with Crippen LogP contribution in [0.2, 0.25) is 4.34 Å². The molecule has 1 saturated heterocycles. The van der Waals surface area contributed by atoms with Crippen molar-refractivity contribution in [3.05, 3.63) is 74.8 Å². The summed E-state index contributed by atoms with van der Waals surface area (Å²) in [6.07, 6.45) is -0.0811. The molecule has 0 radical (unpaired) electrons. The first-order chi connectivity index (χ1) is 14.4. The molecule has 3 aromatic rings. The molecule has 158 valence electrons. The summed E-state index contributed by atoms with van der Waals surface area (Å²) in [5.41, 5.74) is 0.785. The van der Waals surface area contributed by atoms with Crippen LogP contribution in [0.1, 0.15) is 28.3 Å². The quantitative estimate of drug-likeness (QED) is 0.607. The van der Waals surface area contributed by atoms with Crippen LogP contribution in [0.15, 0.2) is 53.1 Å². The van der Waals surface area contributed by atoms with Gasteiger partial charge in [0.1, 0.15) is 5.76 Å². The second-order valence-corrected chi connectivity index (χ2v) is 9.50. The number of nitrogens with zero attached hydrogens (tertiary/aromatic N) is 2. The Hall–Kier alpha value is -2.19. The van der Waals surface area contributed by atoms with E-state index in [1.807, 2.05) is 49.4 Å². The number of rotatable bonds is 6. The van der Waals surface area contributed by atoms with Crippen LogP contribution in [0.5, 0.6) is 0 Å². The highest BCUT2D eigenvalue weighted by Gasteiger charge is 2.45. The van der Waals surface area contributed by atoms with Crippen LogP contribution in [-0.4, -0.2) is 40.3 Å². The Balaban J connectivity index is 1.52. The molecular formula is C22H24ClN3O3S. The maximum Gasteiger partial charge on any atom is 0.228 e. The summed E-state index contributed by atoms with van der Waals surface area (Å²) >= 11 is 7.60. The van der Waals surface area contributed by atoms with E-state index in [2.05, 4.69) is 15.4 Å². The molecular weight excluding hydrogens is 422 g/mol. The SMILES string of the molecule is Cc1cc(CC(=O)N[C@]2(c3ccccc3)CCN(Cc3ccc(Cl)s3)C[C@H]2O)on1. The molecule has 30 heavy (non-hydrogen) atoms. The number of carbonyl (C=O) groups is 1. The van der Waals surface area contributed by atoms with Crippen LogP contribution in [0.25, 0.3) is 0 Å². The molecule has 0 unspecified atom stereocenters. The zero-order chi connectivity index (χ0) is 21.1. The van der Waals surface area contributed by atoms with Crippen molar-refractivity contribution in [2.75, 3.05) is 13.1 Å². The minimum atomic E-state index is -0.850. The van der Waals surface area contributed by atoms with Crippen molar-refractivity contribution in [2.24, 2.45) is 0 Å². The van der Waals surface area contributed by atoms with Crippen molar-refractivity contribution < 1.29 is 14.4 Å². The number of nitrogens with one attached hydrogen (secondary N) is 1. The van der Waals surface area contributed by atoms with Crippen LogP contribution >= 0.6 is 22.9 Å². The van der Waals surface area contributed by atoms with Crippen molar-refractivity contribution in [2.45, 2.75) is 38.0 Å². The molecule has 0 spiro atoms. The Morgan fingerprint density at radius 2 is 2.17 bits per heavy atom. The molecule has 1 fully saturated rings. The van der Waals surface area contributed by atoms with Gasteiger partial charge in [-0.25, -0.2) is 0 Å². The number of aliphatic hydroxyl groups is 1. The van der Waals surface area contributed by atoms with E-state index >= 15 is 0 Å². The normalized spacial score (nSPS) is 22.2. The van der Waals surface area contributed by atoms with Gasteiger partial charge in [-0.3, -0.25) is 9.69 Å². The van der Waals surface area contributed by atoms with Crippen LogP contribution < -0.4 is 5.32 Å². The number of piperidine rings is 1. The molecule has 1 aliphatic heterocycles. The number of amides is 1. The molecule has 2 aromatic heterocycles. The molecule has 0 aliphatic carbocycles. The van der Waals surface area contributed by atoms with Gasteiger partial charge in [0.15, 0.2) is 0 Å². The average Bonchev–Trinajstić information content (AvgIpc) is 3.32. The average molecular weight is 446 g/mol. The lowest BCUT2D eigenvalue weighted by molar-refractivity contribution is -0.126. The number of thiophene rings is 1. The van der Waals surface area contributed by atoms with Gasteiger partial charge in [0, 0.05) is 30.6 Å². The standard InChI is InChI=1S/C22H24ClN3O3S/c1-15-11-17(29-25-15)12-21(28)24-22(16-5-3-2-4-6-16)9-10-26(14-19(22)27)13-18-7-8-20(23)30-18/h2-8,11,19,27H,9-10,12-14H2,1H3,(H,24,28)/t19-,22+/m1/s1. The molecule has 3 heterocycles. The number of carbonyl (C=O) groups excluding carboxylic acids is 1. The molecule has 1 aromatic carbocycles. The van der Waals surface area contributed by atoms with E-state index in [1.165, 1.54) is 0 Å². The van der Waals surface area contributed by atoms with Gasteiger partial charge in [-0.2, -0.15) is 0 Å². The van der Waals surface area contributed by atoms with Crippen molar-refractivity contribution in [3.63, 3.8) is 0 Å². The lowest BCUT2D eigenvalue weighted by Crippen LogP contribution is -2.62. The van der Waals surface area contributed by atoms with Crippen LogP contribution in [-0.2, 0) is 23.3 Å².